The molecule has 4 heteroatoms. The molecule has 3 aliphatic carbocycles. The lowest BCUT2D eigenvalue weighted by Gasteiger charge is -2.37. The van der Waals surface area contributed by atoms with Crippen molar-refractivity contribution in [1.29, 1.82) is 0 Å². The molecule has 0 heterocycles. The predicted octanol–water partition coefficient (Wildman–Crippen LogP) is 5.56. The quantitative estimate of drug-likeness (QED) is 0.586. The Bertz CT molecular complexity index is 362. The van der Waals surface area contributed by atoms with Crippen molar-refractivity contribution < 1.29 is 17.6 Å². The van der Waals surface area contributed by atoms with E-state index in [0.717, 1.165) is 32.1 Å². The zero-order chi connectivity index (χ0) is 15.2. The SMILES string of the molecule is CCC1CCC([C@H]2CC3CCC(F)C(F)C3C2(F)F)CC1. The molecule has 3 rings (SSSR count). The smallest absolute Gasteiger partial charge is 0.244 e. The summed E-state index contributed by atoms with van der Waals surface area (Å²) in [4.78, 5) is 0. The molecule has 0 spiro atoms. The maximum Gasteiger partial charge on any atom is 0.257 e. The minimum Gasteiger partial charge on any atom is -0.244 e. The first-order valence-corrected chi connectivity index (χ1v) is 8.61. The Hall–Kier alpha value is -0.280. The first kappa shape index (κ1) is 15.6. The number of hydrogen-bond acceptors (Lipinski definition) is 0. The van der Waals surface area contributed by atoms with E-state index in [-0.39, 0.29) is 18.3 Å². The van der Waals surface area contributed by atoms with Crippen LogP contribution in [0.2, 0.25) is 0 Å². The largest absolute Gasteiger partial charge is 0.257 e. The minimum absolute atomic E-state index is 0.0126. The van der Waals surface area contributed by atoms with Crippen molar-refractivity contribution in [2.24, 2.45) is 29.6 Å². The highest BCUT2D eigenvalue weighted by Crippen LogP contribution is 2.59. The maximum absolute atomic E-state index is 14.7. The molecule has 21 heavy (non-hydrogen) atoms. The molecule has 0 amide bonds. The molecule has 0 radical (unpaired) electrons. The number of fused-ring (bicyclic) bond motifs is 1. The van der Waals surface area contributed by atoms with Crippen molar-refractivity contribution in [2.75, 3.05) is 0 Å². The molecule has 5 atom stereocenters. The minimum atomic E-state index is -3.02. The molecule has 0 nitrogen and oxygen atoms in total. The Morgan fingerprint density at radius 3 is 2.14 bits per heavy atom. The van der Waals surface area contributed by atoms with Crippen LogP contribution in [0.4, 0.5) is 17.6 Å². The second kappa shape index (κ2) is 5.73. The lowest BCUT2D eigenvalue weighted by Crippen LogP contribution is -2.45. The maximum atomic E-state index is 14.7. The van der Waals surface area contributed by atoms with Gasteiger partial charge in [-0.3, -0.25) is 0 Å². The van der Waals surface area contributed by atoms with Crippen LogP contribution in [0.25, 0.3) is 0 Å². The van der Waals surface area contributed by atoms with E-state index in [1.807, 2.05) is 0 Å². The fourth-order valence-corrected chi connectivity index (χ4v) is 5.22. The van der Waals surface area contributed by atoms with Gasteiger partial charge in [-0.2, -0.15) is 0 Å². The molecule has 0 N–H and O–H groups in total. The second-order valence-corrected chi connectivity index (χ2v) is 7.53. The molecule has 3 fully saturated rings. The Balaban J connectivity index is 1.73. The van der Waals surface area contributed by atoms with Gasteiger partial charge in [0.15, 0.2) is 0 Å². The van der Waals surface area contributed by atoms with Crippen LogP contribution >= 0.6 is 0 Å². The molecular formula is C17H26F4. The van der Waals surface area contributed by atoms with Crippen molar-refractivity contribution in [3.8, 4) is 0 Å². The summed E-state index contributed by atoms with van der Waals surface area (Å²) in [7, 11) is 0. The molecule has 0 bridgehead atoms. The van der Waals surface area contributed by atoms with Gasteiger partial charge in [-0.05, 0) is 49.9 Å². The van der Waals surface area contributed by atoms with E-state index in [1.54, 1.807) is 0 Å². The average molecular weight is 306 g/mol. The van der Waals surface area contributed by atoms with Crippen LogP contribution in [0.15, 0.2) is 0 Å². The van der Waals surface area contributed by atoms with Crippen molar-refractivity contribution in [3.05, 3.63) is 0 Å². The molecule has 122 valence electrons. The van der Waals surface area contributed by atoms with Gasteiger partial charge in [0.05, 0.1) is 5.92 Å². The van der Waals surface area contributed by atoms with Crippen LogP contribution in [0.1, 0.15) is 58.3 Å². The van der Waals surface area contributed by atoms with Gasteiger partial charge in [0.25, 0.3) is 5.92 Å². The van der Waals surface area contributed by atoms with Gasteiger partial charge in [0.2, 0.25) is 0 Å². The van der Waals surface area contributed by atoms with Gasteiger partial charge in [-0.25, -0.2) is 17.6 Å². The molecule has 0 aromatic rings. The van der Waals surface area contributed by atoms with Gasteiger partial charge in [-0.1, -0.05) is 26.2 Å². The lowest BCUT2D eigenvalue weighted by atomic mass is 9.73. The van der Waals surface area contributed by atoms with Crippen molar-refractivity contribution in [3.63, 3.8) is 0 Å². The summed E-state index contributed by atoms with van der Waals surface area (Å²) in [5.74, 6) is -4.72. The normalized spacial score (nSPS) is 49.9. The summed E-state index contributed by atoms with van der Waals surface area (Å²) in [5.41, 5.74) is 0. The highest BCUT2D eigenvalue weighted by atomic mass is 19.3. The van der Waals surface area contributed by atoms with Gasteiger partial charge in [0.1, 0.15) is 12.3 Å². The van der Waals surface area contributed by atoms with E-state index in [9.17, 15) is 17.6 Å². The van der Waals surface area contributed by atoms with Gasteiger partial charge in [0, 0.05) is 5.92 Å². The van der Waals surface area contributed by atoms with Crippen LogP contribution in [-0.2, 0) is 0 Å². The van der Waals surface area contributed by atoms with Crippen LogP contribution in [0.5, 0.6) is 0 Å². The first-order chi connectivity index (χ1) is 9.95. The molecule has 3 aliphatic rings. The zero-order valence-electron chi connectivity index (χ0n) is 12.7. The number of alkyl halides is 4. The van der Waals surface area contributed by atoms with Crippen LogP contribution < -0.4 is 0 Å². The molecule has 0 aliphatic heterocycles. The highest BCUT2D eigenvalue weighted by molar-refractivity contribution is 5.06. The Labute approximate surface area is 124 Å². The van der Waals surface area contributed by atoms with E-state index in [0.29, 0.717) is 18.8 Å². The zero-order valence-corrected chi connectivity index (χ0v) is 12.7. The molecule has 4 unspecified atom stereocenters. The van der Waals surface area contributed by atoms with E-state index >= 15 is 0 Å². The van der Waals surface area contributed by atoms with Crippen molar-refractivity contribution in [2.45, 2.75) is 76.6 Å². The van der Waals surface area contributed by atoms with Gasteiger partial charge in [-0.15, -0.1) is 0 Å². The molecular weight excluding hydrogens is 280 g/mol. The number of hydrogen-bond donors (Lipinski definition) is 0. The second-order valence-electron chi connectivity index (χ2n) is 7.53. The highest BCUT2D eigenvalue weighted by Gasteiger charge is 2.64. The summed E-state index contributed by atoms with van der Waals surface area (Å²) in [6.07, 6.45) is 2.16. The van der Waals surface area contributed by atoms with E-state index in [2.05, 4.69) is 6.92 Å². The molecule has 3 saturated carbocycles. The third kappa shape index (κ3) is 2.61. The van der Waals surface area contributed by atoms with Gasteiger partial charge >= 0.3 is 0 Å². The molecule has 0 aromatic heterocycles. The topological polar surface area (TPSA) is 0 Å². The third-order valence-corrected chi connectivity index (χ3v) is 6.54. The van der Waals surface area contributed by atoms with E-state index < -0.39 is 30.1 Å². The number of rotatable bonds is 2. The number of halogens is 4. The van der Waals surface area contributed by atoms with Crippen molar-refractivity contribution in [1.82, 2.24) is 0 Å². The summed E-state index contributed by atoms with van der Waals surface area (Å²) >= 11 is 0. The molecule has 0 saturated heterocycles. The third-order valence-electron chi connectivity index (χ3n) is 6.54. The predicted molar refractivity (Wildman–Crippen MR) is 74.8 cm³/mol. The standard InChI is InChI=1S/C17H26F4/c1-2-10-3-5-11(6-4-10)13-9-12-7-8-14(18)16(19)15(12)17(13,20)21/h10-16H,2-9H2,1H3/t10?,11?,12?,13-,14?,15?,16?/m1/s1. The Kier molecular flexibility index (Phi) is 4.26. The van der Waals surface area contributed by atoms with Crippen LogP contribution in [-0.4, -0.2) is 18.3 Å². The van der Waals surface area contributed by atoms with Crippen LogP contribution in [0, 0.1) is 29.6 Å². The first-order valence-electron chi connectivity index (χ1n) is 8.61. The molecule has 0 aromatic carbocycles. The summed E-state index contributed by atoms with van der Waals surface area (Å²) < 4.78 is 57.0. The van der Waals surface area contributed by atoms with Crippen molar-refractivity contribution >= 4 is 0 Å². The van der Waals surface area contributed by atoms with E-state index in [4.69, 9.17) is 0 Å². The Morgan fingerprint density at radius 2 is 1.52 bits per heavy atom. The van der Waals surface area contributed by atoms with E-state index in [1.165, 1.54) is 0 Å². The van der Waals surface area contributed by atoms with Crippen LogP contribution in [0.3, 0.4) is 0 Å². The summed E-state index contributed by atoms with van der Waals surface area (Å²) in [6.45, 7) is 2.15. The fourth-order valence-electron chi connectivity index (χ4n) is 5.22. The Morgan fingerprint density at radius 1 is 0.905 bits per heavy atom. The summed E-state index contributed by atoms with van der Waals surface area (Å²) in [6, 6.07) is 0. The summed E-state index contributed by atoms with van der Waals surface area (Å²) in [5, 5.41) is 0. The van der Waals surface area contributed by atoms with Gasteiger partial charge < -0.3 is 0 Å². The monoisotopic (exact) mass is 306 g/mol. The fraction of sp³-hybridized carbons (Fsp3) is 1.00. The average Bonchev–Trinajstić information content (AvgIpc) is 2.75. The lowest BCUT2D eigenvalue weighted by molar-refractivity contribution is -0.139.